The summed E-state index contributed by atoms with van der Waals surface area (Å²) in [6, 6.07) is 5.12. The van der Waals surface area contributed by atoms with Crippen molar-refractivity contribution in [3.05, 3.63) is 28.8 Å². The number of benzene rings is 1. The normalized spacial score (nSPS) is 11.0. The first kappa shape index (κ1) is 14.8. The highest BCUT2D eigenvalue weighted by molar-refractivity contribution is 6.31. The summed E-state index contributed by atoms with van der Waals surface area (Å²) >= 11 is 6.01. The zero-order valence-corrected chi connectivity index (χ0v) is 11.7. The number of likely N-dealkylation sites (N-methyl/N-ethyl adjacent to an activating group) is 1. The van der Waals surface area contributed by atoms with E-state index in [1.165, 1.54) is 0 Å². The van der Waals surface area contributed by atoms with E-state index in [-0.39, 0.29) is 24.2 Å². The Labute approximate surface area is 113 Å². The van der Waals surface area contributed by atoms with Gasteiger partial charge in [0.15, 0.2) is 0 Å². The van der Waals surface area contributed by atoms with Crippen LogP contribution in [0, 0.1) is 0 Å². The maximum atomic E-state index is 11.6. The van der Waals surface area contributed by atoms with Crippen LogP contribution in [-0.2, 0) is 11.3 Å². The topological polar surface area (TPSA) is 52.6 Å². The molecular formula is C13H19ClN2O2. The number of halogens is 1. The Kier molecular flexibility index (Phi) is 5.44. The molecule has 0 radical (unpaired) electrons. The average Bonchev–Trinajstić information content (AvgIpc) is 2.22. The summed E-state index contributed by atoms with van der Waals surface area (Å²) in [6.07, 6.45) is 0. The van der Waals surface area contributed by atoms with Crippen molar-refractivity contribution in [3.63, 3.8) is 0 Å². The highest BCUT2D eigenvalue weighted by Gasteiger charge is 2.12. The molecule has 0 aliphatic heterocycles. The summed E-state index contributed by atoms with van der Waals surface area (Å²) in [5.41, 5.74) is 0.638. The van der Waals surface area contributed by atoms with Crippen LogP contribution in [-0.4, -0.2) is 35.5 Å². The number of hydrogen-bond acceptors (Lipinski definition) is 3. The van der Waals surface area contributed by atoms with Crippen LogP contribution >= 0.6 is 11.6 Å². The van der Waals surface area contributed by atoms with Crippen LogP contribution in [0.2, 0.25) is 5.02 Å². The second kappa shape index (κ2) is 6.61. The first-order valence-corrected chi connectivity index (χ1v) is 6.22. The van der Waals surface area contributed by atoms with Crippen molar-refractivity contribution < 1.29 is 9.90 Å². The van der Waals surface area contributed by atoms with Crippen LogP contribution in [0.4, 0.5) is 0 Å². The number of rotatable bonds is 5. The Hall–Kier alpha value is -1.26. The van der Waals surface area contributed by atoms with Gasteiger partial charge in [-0.2, -0.15) is 0 Å². The van der Waals surface area contributed by atoms with Crippen molar-refractivity contribution in [3.8, 4) is 5.75 Å². The van der Waals surface area contributed by atoms with E-state index in [0.29, 0.717) is 17.1 Å². The molecule has 0 saturated heterocycles. The second-order valence-electron chi connectivity index (χ2n) is 4.63. The predicted molar refractivity (Wildman–Crippen MR) is 72.7 cm³/mol. The number of carbonyl (C=O) groups excluding carboxylic acids is 1. The molecule has 0 saturated carbocycles. The summed E-state index contributed by atoms with van der Waals surface area (Å²) in [7, 11) is 1.81. The molecule has 0 spiro atoms. The molecule has 0 heterocycles. The fraction of sp³-hybridized carbons (Fsp3) is 0.462. The Bertz CT molecular complexity index is 401. The second-order valence-corrected chi connectivity index (χ2v) is 5.04. The third-order valence-corrected chi connectivity index (χ3v) is 2.74. The van der Waals surface area contributed by atoms with E-state index >= 15 is 0 Å². The van der Waals surface area contributed by atoms with E-state index in [0.717, 1.165) is 0 Å². The number of hydrogen-bond donors (Lipinski definition) is 2. The number of phenolic OH excluding ortho intramolecular Hbond substituents is 1. The maximum Gasteiger partial charge on any atom is 0.234 e. The third kappa shape index (κ3) is 4.55. The highest BCUT2D eigenvalue weighted by Crippen LogP contribution is 2.26. The third-order valence-electron chi connectivity index (χ3n) is 2.39. The van der Waals surface area contributed by atoms with Crippen LogP contribution in [0.25, 0.3) is 0 Å². The summed E-state index contributed by atoms with van der Waals surface area (Å²) in [5.74, 6) is 0.109. The van der Waals surface area contributed by atoms with E-state index in [1.807, 2.05) is 20.9 Å². The fourth-order valence-corrected chi connectivity index (χ4v) is 1.87. The van der Waals surface area contributed by atoms with Gasteiger partial charge in [0.05, 0.1) is 6.54 Å². The lowest BCUT2D eigenvalue weighted by Crippen LogP contribution is -2.38. The van der Waals surface area contributed by atoms with Crippen molar-refractivity contribution >= 4 is 17.5 Å². The van der Waals surface area contributed by atoms with Gasteiger partial charge in [-0.3, -0.25) is 9.69 Å². The van der Waals surface area contributed by atoms with Gasteiger partial charge < -0.3 is 10.4 Å². The van der Waals surface area contributed by atoms with E-state index in [4.69, 9.17) is 11.6 Å². The quantitative estimate of drug-likeness (QED) is 0.861. The molecule has 0 aromatic heterocycles. The summed E-state index contributed by atoms with van der Waals surface area (Å²) < 4.78 is 0. The zero-order chi connectivity index (χ0) is 13.7. The minimum atomic E-state index is -0.0426. The van der Waals surface area contributed by atoms with Gasteiger partial charge in [-0.15, -0.1) is 0 Å². The number of amides is 1. The van der Waals surface area contributed by atoms with Crippen molar-refractivity contribution in [2.75, 3.05) is 13.6 Å². The minimum Gasteiger partial charge on any atom is -0.508 e. The van der Waals surface area contributed by atoms with E-state index in [1.54, 1.807) is 23.1 Å². The van der Waals surface area contributed by atoms with Crippen molar-refractivity contribution in [2.45, 2.75) is 26.4 Å². The van der Waals surface area contributed by atoms with Crippen LogP contribution in [0.1, 0.15) is 19.4 Å². The Balaban J connectivity index is 2.59. The van der Waals surface area contributed by atoms with Gasteiger partial charge in [-0.1, -0.05) is 17.7 Å². The first-order valence-electron chi connectivity index (χ1n) is 5.84. The lowest BCUT2D eigenvalue weighted by Gasteiger charge is -2.18. The first-order chi connectivity index (χ1) is 8.40. The van der Waals surface area contributed by atoms with Crippen molar-refractivity contribution in [1.29, 1.82) is 0 Å². The summed E-state index contributed by atoms with van der Waals surface area (Å²) in [6.45, 7) is 4.52. The largest absolute Gasteiger partial charge is 0.508 e. The van der Waals surface area contributed by atoms with Crippen LogP contribution in [0.5, 0.6) is 5.75 Å². The Morgan fingerprint density at radius 1 is 1.50 bits per heavy atom. The van der Waals surface area contributed by atoms with Crippen LogP contribution < -0.4 is 5.32 Å². The molecule has 1 aromatic carbocycles. The summed E-state index contributed by atoms with van der Waals surface area (Å²) in [5, 5.41) is 13.0. The van der Waals surface area contributed by atoms with E-state index in [9.17, 15) is 9.90 Å². The number of aromatic hydroxyl groups is 1. The Morgan fingerprint density at radius 2 is 2.17 bits per heavy atom. The summed E-state index contributed by atoms with van der Waals surface area (Å²) in [4.78, 5) is 13.4. The molecule has 0 unspecified atom stereocenters. The van der Waals surface area contributed by atoms with Gasteiger partial charge in [0, 0.05) is 23.2 Å². The number of phenols is 1. The SMILES string of the molecule is CC(C)NC(=O)CN(C)Cc1c(O)cccc1Cl. The monoisotopic (exact) mass is 270 g/mol. The number of nitrogens with one attached hydrogen (secondary N) is 1. The van der Waals surface area contributed by atoms with Crippen LogP contribution in [0.15, 0.2) is 18.2 Å². The van der Waals surface area contributed by atoms with E-state index in [2.05, 4.69) is 5.32 Å². The number of nitrogens with zero attached hydrogens (tertiary/aromatic N) is 1. The molecular weight excluding hydrogens is 252 g/mol. The van der Waals surface area contributed by atoms with Crippen molar-refractivity contribution in [2.24, 2.45) is 0 Å². The number of carbonyl (C=O) groups is 1. The highest BCUT2D eigenvalue weighted by atomic mass is 35.5. The smallest absolute Gasteiger partial charge is 0.234 e. The lowest BCUT2D eigenvalue weighted by atomic mass is 10.2. The zero-order valence-electron chi connectivity index (χ0n) is 10.9. The molecule has 0 fully saturated rings. The van der Waals surface area contributed by atoms with Gasteiger partial charge in [0.25, 0.3) is 0 Å². The molecule has 4 nitrogen and oxygen atoms in total. The maximum absolute atomic E-state index is 11.6. The molecule has 5 heteroatoms. The predicted octanol–water partition coefficient (Wildman–Crippen LogP) is 2.00. The van der Waals surface area contributed by atoms with Gasteiger partial charge in [0.1, 0.15) is 5.75 Å². The molecule has 0 atom stereocenters. The van der Waals surface area contributed by atoms with Gasteiger partial charge in [-0.25, -0.2) is 0 Å². The van der Waals surface area contributed by atoms with Gasteiger partial charge in [-0.05, 0) is 33.0 Å². The standard InChI is InChI=1S/C13H19ClN2O2/c1-9(2)15-13(18)8-16(3)7-10-11(14)5-4-6-12(10)17/h4-6,9,17H,7-8H2,1-3H3,(H,15,18). The minimum absolute atomic E-state index is 0.0426. The molecule has 0 bridgehead atoms. The average molecular weight is 271 g/mol. The molecule has 1 amide bonds. The van der Waals surface area contributed by atoms with Crippen molar-refractivity contribution in [1.82, 2.24) is 10.2 Å². The molecule has 1 aromatic rings. The fourth-order valence-electron chi connectivity index (χ4n) is 1.64. The van der Waals surface area contributed by atoms with Crippen LogP contribution in [0.3, 0.4) is 0 Å². The molecule has 1 rings (SSSR count). The molecule has 2 N–H and O–H groups in total. The molecule has 100 valence electrons. The molecule has 18 heavy (non-hydrogen) atoms. The molecule has 0 aliphatic rings. The molecule has 0 aliphatic carbocycles. The van der Waals surface area contributed by atoms with E-state index < -0.39 is 0 Å². The Morgan fingerprint density at radius 3 is 2.72 bits per heavy atom. The van der Waals surface area contributed by atoms with Gasteiger partial charge >= 0.3 is 0 Å². The lowest BCUT2D eigenvalue weighted by molar-refractivity contribution is -0.122. The van der Waals surface area contributed by atoms with Gasteiger partial charge in [0.2, 0.25) is 5.91 Å².